The highest BCUT2D eigenvalue weighted by Crippen LogP contribution is 2.24. The third-order valence-electron chi connectivity index (χ3n) is 4.04. The molecule has 2 N–H and O–H groups in total. The minimum absolute atomic E-state index is 0.170. The maximum Gasteiger partial charge on any atom is 0.191 e. The van der Waals surface area contributed by atoms with Gasteiger partial charge in [-0.05, 0) is 48.4 Å². The average molecular weight is 399 g/mol. The zero-order valence-electron chi connectivity index (χ0n) is 15.9. The van der Waals surface area contributed by atoms with Crippen molar-refractivity contribution in [2.75, 3.05) is 7.05 Å². The van der Waals surface area contributed by atoms with E-state index in [0.29, 0.717) is 24.8 Å². The molecule has 2 heterocycles. The van der Waals surface area contributed by atoms with E-state index in [4.69, 9.17) is 4.74 Å². The molecule has 3 aromatic rings. The molecule has 0 aliphatic carbocycles. The van der Waals surface area contributed by atoms with Gasteiger partial charge in [0.25, 0.3) is 0 Å². The Morgan fingerprint density at radius 1 is 1.14 bits per heavy atom. The topological polar surface area (TPSA) is 58.5 Å². The Kier molecular flexibility index (Phi) is 6.97. The number of thiophene rings is 1. The van der Waals surface area contributed by atoms with Gasteiger partial charge in [0, 0.05) is 29.5 Å². The summed E-state index contributed by atoms with van der Waals surface area (Å²) >= 11 is 1.79. The molecule has 1 aromatic carbocycles. The lowest BCUT2D eigenvalue weighted by molar-refractivity contribution is 0.440. The van der Waals surface area contributed by atoms with Crippen molar-refractivity contribution in [2.24, 2.45) is 4.99 Å². The van der Waals surface area contributed by atoms with Crippen LogP contribution in [0.2, 0.25) is 0 Å². The Morgan fingerprint density at radius 3 is 2.64 bits per heavy atom. The van der Waals surface area contributed by atoms with Crippen LogP contribution < -0.4 is 15.4 Å². The Hall–Kier alpha value is -2.93. The summed E-state index contributed by atoms with van der Waals surface area (Å²) in [5.41, 5.74) is 0.795. The zero-order valence-corrected chi connectivity index (χ0v) is 16.7. The van der Waals surface area contributed by atoms with Crippen LogP contribution in [0.3, 0.4) is 0 Å². The average Bonchev–Trinajstić information content (AvgIpc) is 3.19. The number of benzene rings is 1. The van der Waals surface area contributed by atoms with Gasteiger partial charge in [-0.3, -0.25) is 9.98 Å². The summed E-state index contributed by atoms with van der Waals surface area (Å²) < 4.78 is 19.8. The summed E-state index contributed by atoms with van der Waals surface area (Å²) in [6.07, 6.45) is 4.23. The molecule has 0 saturated heterocycles. The molecule has 0 atom stereocenters. The molecule has 0 bridgehead atoms. The third kappa shape index (κ3) is 5.53. The molecule has 0 radical (unpaired) electrons. The van der Waals surface area contributed by atoms with E-state index in [-0.39, 0.29) is 5.75 Å². The number of aryl methyl sites for hydroxylation is 1. The predicted molar refractivity (Wildman–Crippen MR) is 111 cm³/mol. The predicted octanol–water partition coefficient (Wildman–Crippen LogP) is 4.50. The lowest BCUT2D eigenvalue weighted by atomic mass is 10.2. The lowest BCUT2D eigenvalue weighted by Gasteiger charge is -2.12. The summed E-state index contributed by atoms with van der Waals surface area (Å²) in [6.45, 7) is 3.31. The second-order valence-electron chi connectivity index (χ2n) is 6.06. The number of nitrogens with one attached hydrogen (secondary N) is 2. The number of hydrogen-bond donors (Lipinski definition) is 2. The van der Waals surface area contributed by atoms with Crippen LogP contribution in [0.25, 0.3) is 0 Å². The van der Waals surface area contributed by atoms with Gasteiger partial charge in [0.2, 0.25) is 0 Å². The van der Waals surface area contributed by atoms with Crippen molar-refractivity contribution in [3.63, 3.8) is 0 Å². The molecule has 0 fully saturated rings. The van der Waals surface area contributed by atoms with E-state index in [2.05, 4.69) is 39.7 Å². The van der Waals surface area contributed by atoms with Gasteiger partial charge < -0.3 is 15.4 Å². The summed E-state index contributed by atoms with van der Waals surface area (Å²) in [5.74, 6) is 0.916. The largest absolute Gasteiger partial charge is 0.453 e. The van der Waals surface area contributed by atoms with Crippen molar-refractivity contribution in [3.8, 4) is 11.5 Å². The molecular formula is C21H23FN4OS. The normalized spacial score (nSPS) is 11.3. The van der Waals surface area contributed by atoms with Crippen LogP contribution >= 0.6 is 11.3 Å². The first kappa shape index (κ1) is 19.8. The van der Waals surface area contributed by atoms with Gasteiger partial charge in [-0.1, -0.05) is 13.0 Å². The third-order valence-corrected chi connectivity index (χ3v) is 5.27. The number of nitrogens with zero attached hydrogens (tertiary/aromatic N) is 2. The summed E-state index contributed by atoms with van der Waals surface area (Å²) in [6, 6.07) is 12.6. The Balaban J connectivity index is 1.53. The fraction of sp³-hybridized carbons (Fsp3) is 0.238. The van der Waals surface area contributed by atoms with E-state index < -0.39 is 5.82 Å². The van der Waals surface area contributed by atoms with Crippen LogP contribution in [0.15, 0.2) is 59.9 Å². The Morgan fingerprint density at radius 2 is 1.96 bits per heavy atom. The molecule has 7 heteroatoms. The van der Waals surface area contributed by atoms with Crippen molar-refractivity contribution in [1.29, 1.82) is 0 Å². The maximum atomic E-state index is 14.3. The van der Waals surface area contributed by atoms with Crippen LogP contribution in [0, 0.1) is 5.82 Å². The van der Waals surface area contributed by atoms with Crippen LogP contribution in [0.5, 0.6) is 11.5 Å². The van der Waals surface area contributed by atoms with Gasteiger partial charge in [-0.25, -0.2) is 4.39 Å². The first-order chi connectivity index (χ1) is 13.7. The van der Waals surface area contributed by atoms with Crippen LogP contribution in [0.1, 0.15) is 22.2 Å². The maximum absolute atomic E-state index is 14.3. The highest BCUT2D eigenvalue weighted by atomic mass is 32.1. The number of aromatic nitrogens is 1. The van der Waals surface area contributed by atoms with E-state index in [9.17, 15) is 4.39 Å². The number of pyridine rings is 1. The summed E-state index contributed by atoms with van der Waals surface area (Å²) in [7, 11) is 1.71. The number of ether oxygens (including phenoxy) is 1. The fourth-order valence-corrected chi connectivity index (χ4v) is 3.45. The number of halogens is 1. The van der Waals surface area contributed by atoms with Gasteiger partial charge in [-0.2, -0.15) is 0 Å². The van der Waals surface area contributed by atoms with Gasteiger partial charge in [0.15, 0.2) is 17.5 Å². The van der Waals surface area contributed by atoms with Crippen molar-refractivity contribution in [2.45, 2.75) is 26.4 Å². The van der Waals surface area contributed by atoms with Gasteiger partial charge in [0.1, 0.15) is 5.75 Å². The molecule has 0 spiro atoms. The highest BCUT2D eigenvalue weighted by Gasteiger charge is 2.07. The smallest absolute Gasteiger partial charge is 0.191 e. The summed E-state index contributed by atoms with van der Waals surface area (Å²) in [5, 5.41) is 6.48. The first-order valence-corrected chi connectivity index (χ1v) is 9.88. The SMILES string of the molecule is CCc1ccc(CNC(=NC)NCc2ccc(Oc3cccnc3)c(F)c2)s1. The molecule has 28 heavy (non-hydrogen) atoms. The molecule has 0 unspecified atom stereocenters. The minimum Gasteiger partial charge on any atom is -0.453 e. The quantitative estimate of drug-likeness (QED) is 0.454. The molecule has 146 valence electrons. The van der Waals surface area contributed by atoms with Crippen molar-refractivity contribution >= 4 is 17.3 Å². The molecule has 0 aliphatic heterocycles. The second-order valence-corrected chi connectivity index (χ2v) is 7.31. The highest BCUT2D eigenvalue weighted by molar-refractivity contribution is 7.11. The summed E-state index contributed by atoms with van der Waals surface area (Å²) in [4.78, 5) is 10.8. The molecule has 0 aliphatic rings. The van der Waals surface area contributed by atoms with E-state index in [1.165, 1.54) is 15.8 Å². The van der Waals surface area contributed by atoms with E-state index in [1.54, 1.807) is 49.0 Å². The first-order valence-electron chi connectivity index (χ1n) is 9.06. The standard InChI is InChI=1S/C21H23FN4OS/c1-3-17-7-8-18(28-17)14-26-21(23-2)25-12-15-6-9-20(19(22)11-15)27-16-5-4-10-24-13-16/h4-11,13H,3,12,14H2,1-2H3,(H2,23,25,26). The minimum atomic E-state index is -0.420. The lowest BCUT2D eigenvalue weighted by Crippen LogP contribution is -2.36. The molecule has 5 nitrogen and oxygen atoms in total. The van der Waals surface area contributed by atoms with Gasteiger partial charge >= 0.3 is 0 Å². The molecule has 0 amide bonds. The van der Waals surface area contributed by atoms with Crippen LogP contribution in [-0.4, -0.2) is 18.0 Å². The van der Waals surface area contributed by atoms with Crippen LogP contribution in [-0.2, 0) is 19.5 Å². The fourth-order valence-electron chi connectivity index (χ4n) is 2.56. The molecule has 0 saturated carbocycles. The van der Waals surface area contributed by atoms with Crippen molar-refractivity contribution in [1.82, 2.24) is 15.6 Å². The van der Waals surface area contributed by atoms with Crippen LogP contribution in [0.4, 0.5) is 4.39 Å². The number of hydrogen-bond acceptors (Lipinski definition) is 4. The molecule has 2 aromatic heterocycles. The van der Waals surface area contributed by atoms with Crippen molar-refractivity contribution < 1.29 is 9.13 Å². The van der Waals surface area contributed by atoms with E-state index >= 15 is 0 Å². The monoisotopic (exact) mass is 398 g/mol. The number of guanidine groups is 1. The molecular weight excluding hydrogens is 375 g/mol. The Bertz CT molecular complexity index is 927. The number of rotatable bonds is 7. The number of aliphatic imine (C=N–C) groups is 1. The Labute approximate surface area is 168 Å². The second kappa shape index (κ2) is 9.85. The zero-order chi connectivity index (χ0) is 19.8. The van der Waals surface area contributed by atoms with Gasteiger partial charge in [0.05, 0.1) is 12.7 Å². The van der Waals surface area contributed by atoms with E-state index in [1.807, 2.05) is 6.07 Å². The van der Waals surface area contributed by atoms with Gasteiger partial charge in [-0.15, -0.1) is 11.3 Å². The van der Waals surface area contributed by atoms with E-state index in [0.717, 1.165) is 12.0 Å². The van der Waals surface area contributed by atoms with Crippen molar-refractivity contribution in [3.05, 3.63) is 76.0 Å². The molecule has 3 rings (SSSR count).